The van der Waals surface area contributed by atoms with E-state index in [1.165, 1.54) is 0 Å². The van der Waals surface area contributed by atoms with Gasteiger partial charge < -0.3 is 10.6 Å². The van der Waals surface area contributed by atoms with Gasteiger partial charge in [0.2, 0.25) is 0 Å². The largest absolute Gasteiger partial charge is 0.385 e. The van der Waals surface area contributed by atoms with Gasteiger partial charge in [0.1, 0.15) is 0 Å². The molecular formula is C21H23N3. The minimum atomic E-state index is 0.892. The predicted molar refractivity (Wildman–Crippen MR) is 102 cm³/mol. The first-order chi connectivity index (χ1) is 11.9. The molecule has 0 fully saturated rings. The van der Waals surface area contributed by atoms with Crippen LogP contribution in [-0.2, 0) is 12.8 Å². The Labute approximate surface area is 143 Å². The molecule has 0 atom stereocenters. The second-order valence-corrected chi connectivity index (χ2v) is 5.71. The van der Waals surface area contributed by atoms with Crippen molar-refractivity contribution in [2.24, 2.45) is 0 Å². The highest BCUT2D eigenvalue weighted by Crippen LogP contribution is 2.08. The molecule has 24 heavy (non-hydrogen) atoms. The van der Waals surface area contributed by atoms with E-state index in [9.17, 15) is 0 Å². The summed E-state index contributed by atoms with van der Waals surface area (Å²) in [5.41, 5.74) is 4.58. The molecule has 3 nitrogen and oxygen atoms in total. The lowest BCUT2D eigenvalue weighted by atomic mass is 10.2. The zero-order valence-electron chi connectivity index (χ0n) is 13.8. The summed E-state index contributed by atoms with van der Waals surface area (Å²) in [4.78, 5) is 4.76. The van der Waals surface area contributed by atoms with Crippen LogP contribution in [0, 0.1) is 0 Å². The van der Waals surface area contributed by atoms with Crippen molar-refractivity contribution < 1.29 is 0 Å². The molecule has 3 aromatic rings. The van der Waals surface area contributed by atoms with Gasteiger partial charge in [-0.1, -0.05) is 42.5 Å². The third kappa shape index (κ3) is 5.13. The van der Waals surface area contributed by atoms with Crippen molar-refractivity contribution >= 4 is 11.4 Å². The van der Waals surface area contributed by atoms with Crippen LogP contribution in [0.4, 0.5) is 11.4 Å². The van der Waals surface area contributed by atoms with E-state index >= 15 is 0 Å². The molecule has 3 heteroatoms. The molecule has 2 N–H and O–H groups in total. The number of hydrogen-bond acceptors (Lipinski definition) is 3. The van der Waals surface area contributed by atoms with Gasteiger partial charge in [-0.2, -0.15) is 0 Å². The van der Waals surface area contributed by atoms with Crippen molar-refractivity contribution in [1.82, 2.24) is 4.98 Å². The predicted octanol–water partition coefficient (Wildman–Crippen LogP) is 4.39. The second-order valence-electron chi connectivity index (χ2n) is 5.71. The quantitative estimate of drug-likeness (QED) is 0.647. The first-order valence-electron chi connectivity index (χ1n) is 8.43. The van der Waals surface area contributed by atoms with Gasteiger partial charge in [0.25, 0.3) is 0 Å². The Morgan fingerprint density at radius 1 is 0.542 bits per heavy atom. The normalized spacial score (nSPS) is 10.3. The van der Waals surface area contributed by atoms with E-state index in [-0.39, 0.29) is 0 Å². The summed E-state index contributed by atoms with van der Waals surface area (Å²) >= 11 is 0. The van der Waals surface area contributed by atoms with Crippen LogP contribution in [0.25, 0.3) is 0 Å². The first-order valence-corrected chi connectivity index (χ1v) is 8.43. The summed E-state index contributed by atoms with van der Waals surface area (Å²) in [5, 5.41) is 6.85. The Bertz CT molecular complexity index is 666. The molecule has 1 heterocycles. The van der Waals surface area contributed by atoms with Crippen molar-refractivity contribution in [2.45, 2.75) is 12.8 Å². The fraction of sp³-hybridized carbons (Fsp3) is 0.190. The van der Waals surface area contributed by atoms with Crippen LogP contribution in [0.2, 0.25) is 0 Å². The van der Waals surface area contributed by atoms with Gasteiger partial charge in [-0.25, -0.2) is 0 Å². The molecule has 3 rings (SSSR count). The molecule has 0 aliphatic heterocycles. The lowest BCUT2D eigenvalue weighted by Gasteiger charge is -2.08. The average molecular weight is 317 g/mol. The highest BCUT2D eigenvalue weighted by atomic mass is 14.9. The summed E-state index contributed by atoms with van der Waals surface area (Å²) in [6.07, 6.45) is 1.85. The number of pyridine rings is 1. The third-order valence-electron chi connectivity index (χ3n) is 3.83. The summed E-state index contributed by atoms with van der Waals surface area (Å²) in [6.45, 7) is 1.78. The highest BCUT2D eigenvalue weighted by Gasteiger charge is 1.99. The molecule has 0 unspecified atom stereocenters. The number of nitrogens with one attached hydrogen (secondary N) is 2. The molecule has 0 aliphatic rings. The van der Waals surface area contributed by atoms with Crippen LogP contribution in [-0.4, -0.2) is 18.1 Å². The fourth-order valence-electron chi connectivity index (χ4n) is 2.59. The smallest absolute Gasteiger partial charge is 0.0424 e. The number of benzene rings is 2. The van der Waals surface area contributed by atoms with Gasteiger partial charge in [0.05, 0.1) is 0 Å². The molecule has 1 aromatic heterocycles. The zero-order chi connectivity index (χ0) is 16.5. The zero-order valence-corrected chi connectivity index (χ0v) is 13.8. The molecule has 2 aromatic carbocycles. The molecule has 0 spiro atoms. The monoisotopic (exact) mass is 317 g/mol. The Kier molecular flexibility index (Phi) is 5.84. The SMILES string of the molecule is c1ccc(NCCc2cccc(CCNc3ccccc3)n2)cc1. The van der Waals surface area contributed by atoms with E-state index < -0.39 is 0 Å². The van der Waals surface area contributed by atoms with E-state index in [4.69, 9.17) is 4.98 Å². The topological polar surface area (TPSA) is 37.0 Å². The molecule has 0 radical (unpaired) electrons. The van der Waals surface area contributed by atoms with Crippen LogP contribution in [0.1, 0.15) is 11.4 Å². The number of hydrogen-bond donors (Lipinski definition) is 2. The lowest BCUT2D eigenvalue weighted by molar-refractivity contribution is 0.898. The van der Waals surface area contributed by atoms with Crippen molar-refractivity contribution in [2.75, 3.05) is 23.7 Å². The molecule has 0 bridgehead atoms. The van der Waals surface area contributed by atoms with E-state index in [0.717, 1.165) is 48.7 Å². The van der Waals surface area contributed by atoms with Crippen molar-refractivity contribution in [1.29, 1.82) is 0 Å². The maximum absolute atomic E-state index is 4.76. The van der Waals surface area contributed by atoms with Crippen LogP contribution < -0.4 is 10.6 Å². The molecule has 0 saturated carbocycles. The van der Waals surface area contributed by atoms with Gasteiger partial charge >= 0.3 is 0 Å². The fourth-order valence-corrected chi connectivity index (χ4v) is 2.59. The molecule has 0 amide bonds. The Morgan fingerprint density at radius 2 is 1.00 bits per heavy atom. The number of nitrogens with zero attached hydrogens (tertiary/aromatic N) is 1. The Hall–Kier alpha value is -2.81. The van der Waals surface area contributed by atoms with Crippen LogP contribution in [0.3, 0.4) is 0 Å². The summed E-state index contributed by atoms with van der Waals surface area (Å²) in [7, 11) is 0. The van der Waals surface area contributed by atoms with Gasteiger partial charge in [0, 0.05) is 48.7 Å². The van der Waals surface area contributed by atoms with Crippen LogP contribution >= 0.6 is 0 Å². The van der Waals surface area contributed by atoms with Gasteiger partial charge in [-0.05, 0) is 36.4 Å². The first kappa shape index (κ1) is 16.1. The Morgan fingerprint density at radius 3 is 1.46 bits per heavy atom. The van der Waals surface area contributed by atoms with Gasteiger partial charge in [-0.3, -0.25) is 4.98 Å². The minimum absolute atomic E-state index is 0.892. The lowest BCUT2D eigenvalue weighted by Crippen LogP contribution is -2.09. The van der Waals surface area contributed by atoms with Crippen molar-refractivity contribution in [3.63, 3.8) is 0 Å². The molecule has 0 aliphatic carbocycles. The highest BCUT2D eigenvalue weighted by molar-refractivity contribution is 5.43. The number of rotatable bonds is 8. The van der Waals surface area contributed by atoms with E-state index in [1.807, 2.05) is 36.4 Å². The van der Waals surface area contributed by atoms with Crippen LogP contribution in [0.15, 0.2) is 78.9 Å². The minimum Gasteiger partial charge on any atom is -0.385 e. The number of para-hydroxylation sites is 2. The van der Waals surface area contributed by atoms with Gasteiger partial charge in [-0.15, -0.1) is 0 Å². The second kappa shape index (κ2) is 8.73. The maximum atomic E-state index is 4.76. The Balaban J connectivity index is 1.45. The standard InChI is InChI=1S/C21H23N3/c1-3-8-18(9-4-1)22-16-14-20-12-7-13-21(24-20)15-17-23-19-10-5-2-6-11-19/h1-13,22-23H,14-17H2. The summed E-state index contributed by atoms with van der Waals surface area (Å²) in [5.74, 6) is 0. The summed E-state index contributed by atoms with van der Waals surface area (Å²) in [6, 6.07) is 26.9. The van der Waals surface area contributed by atoms with Gasteiger partial charge in [0.15, 0.2) is 0 Å². The third-order valence-corrected chi connectivity index (χ3v) is 3.83. The average Bonchev–Trinajstić information content (AvgIpc) is 2.64. The number of aromatic nitrogens is 1. The van der Waals surface area contributed by atoms with Crippen LogP contribution in [0.5, 0.6) is 0 Å². The molecule has 122 valence electrons. The van der Waals surface area contributed by atoms with Crippen molar-refractivity contribution in [3.8, 4) is 0 Å². The van der Waals surface area contributed by atoms with E-state index in [1.54, 1.807) is 0 Å². The van der Waals surface area contributed by atoms with Crippen molar-refractivity contribution in [3.05, 3.63) is 90.3 Å². The van der Waals surface area contributed by atoms with E-state index in [0.29, 0.717) is 0 Å². The van der Waals surface area contributed by atoms with E-state index in [2.05, 4.69) is 53.1 Å². The molecule has 0 saturated heterocycles. The molecular weight excluding hydrogens is 294 g/mol. The maximum Gasteiger partial charge on any atom is 0.0424 e. The summed E-state index contributed by atoms with van der Waals surface area (Å²) < 4.78 is 0. The number of anilines is 2.